The fourth-order valence-electron chi connectivity index (χ4n) is 2.41. The number of rotatable bonds is 5. The zero-order valence-corrected chi connectivity index (χ0v) is 13.4. The molecular formula is C14H26N6O. The Morgan fingerprint density at radius 2 is 2.14 bits per heavy atom. The lowest BCUT2D eigenvalue weighted by atomic mass is 10.00. The molecule has 0 bridgehead atoms. The number of ether oxygens (including phenoxy) is 1. The van der Waals surface area contributed by atoms with E-state index in [1.807, 2.05) is 13.0 Å². The van der Waals surface area contributed by atoms with E-state index in [9.17, 15) is 0 Å². The summed E-state index contributed by atoms with van der Waals surface area (Å²) in [5, 5.41) is 0. The molecule has 1 aromatic heterocycles. The third kappa shape index (κ3) is 3.81. The van der Waals surface area contributed by atoms with Crippen molar-refractivity contribution < 1.29 is 4.74 Å². The van der Waals surface area contributed by atoms with Crippen LogP contribution in [0, 0.1) is 0 Å². The van der Waals surface area contributed by atoms with Crippen LogP contribution in [-0.4, -0.2) is 53.7 Å². The van der Waals surface area contributed by atoms with Crippen LogP contribution in [0.4, 0.5) is 11.6 Å². The van der Waals surface area contributed by atoms with Gasteiger partial charge in [0.15, 0.2) is 5.82 Å². The van der Waals surface area contributed by atoms with Crippen LogP contribution >= 0.6 is 0 Å². The summed E-state index contributed by atoms with van der Waals surface area (Å²) in [6.45, 7) is 10.3. The first-order valence-corrected chi connectivity index (χ1v) is 7.35. The molecule has 0 saturated carbocycles. The third-order valence-corrected chi connectivity index (χ3v) is 3.98. The summed E-state index contributed by atoms with van der Waals surface area (Å²) < 4.78 is 5.40. The van der Waals surface area contributed by atoms with Gasteiger partial charge < -0.3 is 15.1 Å². The standard InChI is InChI=1S/C14H26N6O/c1-5-21-9-12-16-11(18-15)8-13(17-12)20-7-6-19(4)14(2,3)10-20/h8H,5-7,9-10,15H2,1-4H3,(H,16,17,18). The van der Waals surface area contributed by atoms with Crippen molar-refractivity contribution in [1.82, 2.24) is 14.9 Å². The third-order valence-electron chi connectivity index (χ3n) is 3.98. The van der Waals surface area contributed by atoms with Crippen molar-refractivity contribution in [3.8, 4) is 0 Å². The van der Waals surface area contributed by atoms with E-state index in [1.54, 1.807) is 0 Å². The van der Waals surface area contributed by atoms with Crippen LogP contribution in [0.25, 0.3) is 0 Å². The van der Waals surface area contributed by atoms with Crippen molar-refractivity contribution in [1.29, 1.82) is 0 Å². The predicted octanol–water partition coefficient (Wildman–Crippen LogP) is 0.829. The molecule has 0 unspecified atom stereocenters. The molecule has 7 nitrogen and oxygen atoms in total. The summed E-state index contributed by atoms with van der Waals surface area (Å²) in [6, 6.07) is 1.89. The molecule has 1 saturated heterocycles. The van der Waals surface area contributed by atoms with Crippen molar-refractivity contribution in [2.45, 2.75) is 32.9 Å². The quantitative estimate of drug-likeness (QED) is 0.615. The van der Waals surface area contributed by atoms with Gasteiger partial charge in [-0.2, -0.15) is 0 Å². The zero-order chi connectivity index (χ0) is 15.5. The fraction of sp³-hybridized carbons (Fsp3) is 0.714. The number of likely N-dealkylation sites (N-methyl/N-ethyl adjacent to an activating group) is 1. The van der Waals surface area contributed by atoms with Crippen LogP contribution < -0.4 is 16.2 Å². The van der Waals surface area contributed by atoms with Gasteiger partial charge >= 0.3 is 0 Å². The van der Waals surface area contributed by atoms with E-state index in [4.69, 9.17) is 10.6 Å². The number of nitrogens with two attached hydrogens (primary N) is 1. The van der Waals surface area contributed by atoms with E-state index in [0.717, 1.165) is 25.5 Å². The van der Waals surface area contributed by atoms with Gasteiger partial charge in [-0.15, -0.1) is 0 Å². The highest BCUT2D eigenvalue weighted by Gasteiger charge is 2.31. The Bertz CT molecular complexity index is 479. The average molecular weight is 294 g/mol. The monoisotopic (exact) mass is 294 g/mol. The van der Waals surface area contributed by atoms with Gasteiger partial charge in [0.05, 0.1) is 0 Å². The molecular weight excluding hydrogens is 268 g/mol. The second kappa shape index (κ2) is 6.55. The number of hydrazine groups is 1. The van der Waals surface area contributed by atoms with Gasteiger partial charge in [-0.3, -0.25) is 4.90 Å². The largest absolute Gasteiger partial charge is 0.374 e. The smallest absolute Gasteiger partial charge is 0.158 e. The second-order valence-electron chi connectivity index (χ2n) is 5.96. The van der Waals surface area contributed by atoms with Crippen LogP contribution in [0.2, 0.25) is 0 Å². The van der Waals surface area contributed by atoms with E-state index < -0.39 is 0 Å². The van der Waals surface area contributed by atoms with Crippen molar-refractivity contribution in [2.24, 2.45) is 5.84 Å². The summed E-state index contributed by atoms with van der Waals surface area (Å²) in [5.41, 5.74) is 2.72. The van der Waals surface area contributed by atoms with E-state index in [0.29, 0.717) is 24.9 Å². The Balaban J connectivity index is 2.22. The predicted molar refractivity (Wildman–Crippen MR) is 84.1 cm³/mol. The molecule has 0 aliphatic carbocycles. The lowest BCUT2D eigenvalue weighted by Gasteiger charge is -2.45. The lowest BCUT2D eigenvalue weighted by molar-refractivity contribution is 0.127. The molecule has 1 aromatic rings. The van der Waals surface area contributed by atoms with Crippen molar-refractivity contribution in [3.63, 3.8) is 0 Å². The minimum absolute atomic E-state index is 0.111. The molecule has 1 aliphatic heterocycles. The molecule has 2 rings (SSSR count). The first kappa shape index (κ1) is 15.9. The lowest BCUT2D eigenvalue weighted by Crippen LogP contribution is -2.58. The first-order valence-electron chi connectivity index (χ1n) is 7.35. The van der Waals surface area contributed by atoms with Crippen molar-refractivity contribution in [3.05, 3.63) is 11.9 Å². The highest BCUT2D eigenvalue weighted by atomic mass is 16.5. The Kier molecular flexibility index (Phi) is 4.97. The van der Waals surface area contributed by atoms with Crippen LogP contribution in [0.3, 0.4) is 0 Å². The van der Waals surface area contributed by atoms with E-state index >= 15 is 0 Å². The van der Waals surface area contributed by atoms with Crippen molar-refractivity contribution >= 4 is 11.6 Å². The molecule has 0 aromatic carbocycles. The number of anilines is 2. The van der Waals surface area contributed by atoms with Gasteiger partial charge in [0, 0.05) is 37.8 Å². The highest BCUT2D eigenvalue weighted by Crippen LogP contribution is 2.24. The molecule has 0 spiro atoms. The first-order chi connectivity index (χ1) is 9.96. The van der Waals surface area contributed by atoms with E-state index in [-0.39, 0.29) is 5.54 Å². The number of nitrogens with one attached hydrogen (secondary N) is 1. The second-order valence-corrected chi connectivity index (χ2v) is 5.96. The summed E-state index contributed by atoms with van der Waals surface area (Å²) >= 11 is 0. The van der Waals surface area contributed by atoms with Crippen molar-refractivity contribution in [2.75, 3.05) is 43.6 Å². The molecule has 21 heavy (non-hydrogen) atoms. The Labute approximate surface area is 126 Å². The van der Waals surface area contributed by atoms with Gasteiger partial charge in [-0.1, -0.05) is 0 Å². The number of hydrogen-bond acceptors (Lipinski definition) is 7. The molecule has 0 amide bonds. The fourth-order valence-corrected chi connectivity index (χ4v) is 2.41. The molecule has 2 heterocycles. The molecule has 7 heteroatoms. The normalized spacial score (nSPS) is 18.8. The van der Waals surface area contributed by atoms with Crippen LogP contribution in [0.5, 0.6) is 0 Å². The summed E-state index contributed by atoms with van der Waals surface area (Å²) in [6.07, 6.45) is 0. The maximum atomic E-state index is 5.51. The number of hydrogen-bond donors (Lipinski definition) is 2. The molecule has 1 fully saturated rings. The average Bonchev–Trinajstić information content (AvgIpc) is 2.47. The Hall–Kier alpha value is -1.44. The van der Waals surface area contributed by atoms with Gasteiger partial charge in [0.2, 0.25) is 0 Å². The molecule has 118 valence electrons. The van der Waals surface area contributed by atoms with E-state index in [1.165, 1.54) is 0 Å². The topological polar surface area (TPSA) is 79.5 Å². The molecule has 1 aliphatic rings. The number of nitrogens with zero attached hydrogens (tertiary/aromatic N) is 4. The van der Waals surface area contributed by atoms with Gasteiger partial charge in [-0.05, 0) is 27.8 Å². The summed E-state index contributed by atoms with van der Waals surface area (Å²) in [7, 11) is 2.16. The van der Waals surface area contributed by atoms with Gasteiger partial charge in [-0.25, -0.2) is 15.8 Å². The van der Waals surface area contributed by atoms with E-state index in [2.05, 4.69) is 46.1 Å². The van der Waals surface area contributed by atoms with Gasteiger partial charge in [0.25, 0.3) is 0 Å². The minimum atomic E-state index is 0.111. The molecule has 3 N–H and O–H groups in total. The number of aromatic nitrogens is 2. The molecule has 0 atom stereocenters. The van der Waals surface area contributed by atoms with Crippen LogP contribution in [0.1, 0.15) is 26.6 Å². The SMILES string of the molecule is CCOCc1nc(NN)cc(N2CCN(C)C(C)(C)C2)n1. The Morgan fingerprint density at radius 1 is 1.38 bits per heavy atom. The maximum Gasteiger partial charge on any atom is 0.158 e. The number of nitrogen functional groups attached to an aromatic ring is 1. The van der Waals surface area contributed by atoms with Gasteiger partial charge in [0.1, 0.15) is 18.2 Å². The Morgan fingerprint density at radius 3 is 2.76 bits per heavy atom. The van der Waals surface area contributed by atoms with Crippen LogP contribution in [0.15, 0.2) is 6.07 Å². The zero-order valence-electron chi connectivity index (χ0n) is 13.4. The minimum Gasteiger partial charge on any atom is -0.374 e. The molecule has 0 radical (unpaired) electrons. The maximum absolute atomic E-state index is 5.51. The number of piperazine rings is 1. The highest BCUT2D eigenvalue weighted by molar-refractivity contribution is 5.49. The summed E-state index contributed by atoms with van der Waals surface area (Å²) in [4.78, 5) is 13.6. The van der Waals surface area contributed by atoms with Crippen LogP contribution in [-0.2, 0) is 11.3 Å². The summed E-state index contributed by atoms with van der Waals surface area (Å²) in [5.74, 6) is 7.68.